The van der Waals surface area contributed by atoms with Gasteiger partial charge in [0.25, 0.3) is 0 Å². The highest BCUT2D eigenvalue weighted by atomic mass is 16.5. The molecule has 0 unspecified atom stereocenters. The van der Waals surface area contributed by atoms with E-state index in [4.69, 9.17) is 4.74 Å². The van der Waals surface area contributed by atoms with E-state index in [2.05, 4.69) is 95.2 Å². The molecule has 0 saturated carbocycles. The molecule has 3 rings (SSSR count). The van der Waals surface area contributed by atoms with Crippen molar-refractivity contribution in [2.24, 2.45) is 0 Å². The van der Waals surface area contributed by atoms with Crippen molar-refractivity contribution >= 4 is 11.4 Å². The fraction of sp³-hybridized carbons (Fsp3) is 0.609. The smallest absolute Gasteiger partial charge is 0.209 e. The highest BCUT2D eigenvalue weighted by Gasteiger charge is 2.53. The van der Waals surface area contributed by atoms with Crippen LogP contribution in [0.3, 0.4) is 0 Å². The van der Waals surface area contributed by atoms with Gasteiger partial charge in [0.1, 0.15) is 12.1 Å². The van der Waals surface area contributed by atoms with Gasteiger partial charge in [-0.25, -0.2) is 0 Å². The van der Waals surface area contributed by atoms with Crippen LogP contribution in [0.5, 0.6) is 0 Å². The van der Waals surface area contributed by atoms with Crippen LogP contribution in [0.2, 0.25) is 0 Å². The van der Waals surface area contributed by atoms with Gasteiger partial charge in [-0.1, -0.05) is 25.1 Å². The van der Waals surface area contributed by atoms with E-state index in [1.54, 1.807) is 0 Å². The maximum absolute atomic E-state index is 6.49. The minimum absolute atomic E-state index is 0.0294. The number of allylic oxidation sites excluding steroid dienone is 1. The molecular formula is C23H35N2O+. The summed E-state index contributed by atoms with van der Waals surface area (Å²) in [6.07, 6.45) is 3.42. The Hall–Kier alpha value is -1.77. The van der Waals surface area contributed by atoms with Crippen LogP contribution in [-0.2, 0) is 10.2 Å². The number of fused-ring (bicyclic) bond motifs is 1. The molecule has 0 aromatic heterocycles. The molecule has 3 heteroatoms. The van der Waals surface area contributed by atoms with E-state index in [1.807, 2.05) is 0 Å². The standard InChI is InChI=1S/C23H35N2O/c1-9-15-24-18-14-12-11-13-17(18)21(3,4)19(24)16-20-25(10-2)22(5,6)23(7,8)26-20/h11-14,16H,9-10,15H2,1-8H3/q+1. The van der Waals surface area contributed by atoms with Crippen LogP contribution in [-0.4, -0.2) is 39.4 Å². The van der Waals surface area contributed by atoms with Gasteiger partial charge in [0.15, 0.2) is 11.6 Å². The summed E-state index contributed by atoms with van der Waals surface area (Å²) >= 11 is 0. The van der Waals surface area contributed by atoms with Crippen LogP contribution in [0.1, 0.15) is 67.4 Å². The third-order valence-corrected chi connectivity index (χ3v) is 6.60. The molecule has 0 N–H and O–H groups in total. The molecule has 1 aromatic rings. The molecule has 1 aromatic carbocycles. The van der Waals surface area contributed by atoms with Crippen molar-refractivity contribution in [1.82, 2.24) is 4.90 Å². The Morgan fingerprint density at radius 1 is 1.04 bits per heavy atom. The number of hydrogen-bond acceptors (Lipinski definition) is 2. The Morgan fingerprint density at radius 3 is 2.31 bits per heavy atom. The van der Waals surface area contributed by atoms with Crippen molar-refractivity contribution in [2.75, 3.05) is 13.1 Å². The lowest BCUT2D eigenvalue weighted by molar-refractivity contribution is -0.437. The van der Waals surface area contributed by atoms with Gasteiger partial charge in [-0.05, 0) is 48.5 Å². The van der Waals surface area contributed by atoms with Crippen molar-refractivity contribution in [2.45, 2.75) is 78.4 Å². The Balaban J connectivity index is 2.16. The molecule has 142 valence electrons. The average molecular weight is 356 g/mol. The lowest BCUT2D eigenvalue weighted by Gasteiger charge is -2.37. The number of hydrogen-bond donors (Lipinski definition) is 0. The molecule has 0 atom stereocenters. The summed E-state index contributed by atoms with van der Waals surface area (Å²) in [6.45, 7) is 20.0. The molecular weight excluding hydrogens is 320 g/mol. The molecule has 3 nitrogen and oxygen atoms in total. The van der Waals surface area contributed by atoms with E-state index < -0.39 is 0 Å². The zero-order valence-corrected chi connectivity index (χ0v) is 17.8. The van der Waals surface area contributed by atoms with Crippen molar-refractivity contribution in [3.05, 3.63) is 41.8 Å². The first-order chi connectivity index (χ1) is 12.1. The topological polar surface area (TPSA) is 15.5 Å². The molecule has 2 aliphatic heterocycles. The minimum Gasteiger partial charge on any atom is -0.470 e. The molecule has 1 saturated heterocycles. The summed E-state index contributed by atoms with van der Waals surface area (Å²) in [4.78, 5) is 2.41. The first kappa shape index (κ1) is 19.0. The second kappa shape index (κ2) is 6.14. The van der Waals surface area contributed by atoms with Gasteiger partial charge in [0, 0.05) is 24.6 Å². The Morgan fingerprint density at radius 2 is 1.69 bits per heavy atom. The SMILES string of the molecule is CCC[N+]1=C(/C=C2\OC(C)(C)C(C)(C)N2CC)C(C)(C)c2ccccc21. The van der Waals surface area contributed by atoms with E-state index in [-0.39, 0.29) is 16.6 Å². The van der Waals surface area contributed by atoms with Crippen molar-refractivity contribution in [1.29, 1.82) is 0 Å². The lowest BCUT2D eigenvalue weighted by Crippen LogP contribution is -2.50. The van der Waals surface area contributed by atoms with E-state index in [9.17, 15) is 0 Å². The molecule has 0 spiro atoms. The molecule has 1 fully saturated rings. The van der Waals surface area contributed by atoms with Gasteiger partial charge in [0.05, 0.1) is 17.0 Å². The van der Waals surface area contributed by atoms with Gasteiger partial charge in [-0.15, -0.1) is 0 Å². The molecule has 26 heavy (non-hydrogen) atoms. The third-order valence-electron chi connectivity index (χ3n) is 6.60. The normalized spacial score (nSPS) is 24.2. The molecule has 0 radical (unpaired) electrons. The average Bonchev–Trinajstić information content (AvgIpc) is 2.87. The first-order valence-corrected chi connectivity index (χ1v) is 10.0. The fourth-order valence-electron chi connectivity index (χ4n) is 4.38. The first-order valence-electron chi connectivity index (χ1n) is 10.0. The highest BCUT2D eigenvalue weighted by molar-refractivity contribution is 6.03. The second-order valence-electron chi connectivity index (χ2n) is 9.08. The molecule has 2 aliphatic rings. The summed E-state index contributed by atoms with van der Waals surface area (Å²) in [5.74, 6) is 1.000. The zero-order valence-electron chi connectivity index (χ0n) is 17.8. The lowest BCUT2D eigenvalue weighted by atomic mass is 9.81. The second-order valence-corrected chi connectivity index (χ2v) is 9.08. The van der Waals surface area contributed by atoms with Crippen LogP contribution in [0.25, 0.3) is 0 Å². The summed E-state index contributed by atoms with van der Waals surface area (Å²) in [7, 11) is 0. The summed E-state index contributed by atoms with van der Waals surface area (Å²) in [5, 5.41) is 0. The Labute approximate surface area is 159 Å². The number of ether oxygens (including phenoxy) is 1. The zero-order chi connectivity index (χ0) is 19.3. The number of likely N-dealkylation sites (N-methyl/N-ethyl adjacent to an activating group) is 1. The van der Waals surface area contributed by atoms with E-state index in [1.165, 1.54) is 17.0 Å². The molecule has 0 aliphatic carbocycles. The van der Waals surface area contributed by atoms with Crippen LogP contribution >= 0.6 is 0 Å². The van der Waals surface area contributed by atoms with Gasteiger partial charge >= 0.3 is 0 Å². The highest BCUT2D eigenvalue weighted by Crippen LogP contribution is 2.45. The van der Waals surface area contributed by atoms with E-state index >= 15 is 0 Å². The predicted molar refractivity (Wildman–Crippen MR) is 109 cm³/mol. The fourth-order valence-corrected chi connectivity index (χ4v) is 4.38. The van der Waals surface area contributed by atoms with E-state index in [0.29, 0.717) is 0 Å². The van der Waals surface area contributed by atoms with Crippen LogP contribution in [0, 0.1) is 0 Å². The predicted octanol–water partition coefficient (Wildman–Crippen LogP) is 5.22. The number of benzene rings is 1. The number of rotatable bonds is 4. The summed E-state index contributed by atoms with van der Waals surface area (Å²) < 4.78 is 8.97. The van der Waals surface area contributed by atoms with E-state index in [0.717, 1.165) is 25.4 Å². The maximum atomic E-state index is 6.49. The number of para-hydroxylation sites is 1. The Kier molecular flexibility index (Phi) is 4.49. The summed E-state index contributed by atoms with van der Waals surface area (Å²) in [5.41, 5.74) is 3.78. The quantitative estimate of drug-likeness (QED) is 0.688. The van der Waals surface area contributed by atoms with Gasteiger partial charge in [-0.3, -0.25) is 0 Å². The Bertz CT molecular complexity index is 768. The van der Waals surface area contributed by atoms with Gasteiger partial charge < -0.3 is 9.64 Å². The molecule has 2 heterocycles. The third kappa shape index (κ3) is 2.59. The molecule has 0 amide bonds. The van der Waals surface area contributed by atoms with Crippen molar-refractivity contribution < 1.29 is 9.31 Å². The maximum Gasteiger partial charge on any atom is 0.209 e. The van der Waals surface area contributed by atoms with Crippen LogP contribution in [0.4, 0.5) is 5.69 Å². The minimum atomic E-state index is -0.222. The van der Waals surface area contributed by atoms with Crippen molar-refractivity contribution in [3.8, 4) is 0 Å². The summed E-state index contributed by atoms with van der Waals surface area (Å²) in [6, 6.07) is 8.81. The van der Waals surface area contributed by atoms with Gasteiger partial charge in [-0.2, -0.15) is 4.58 Å². The largest absolute Gasteiger partial charge is 0.470 e. The van der Waals surface area contributed by atoms with Crippen LogP contribution in [0.15, 0.2) is 36.2 Å². The van der Waals surface area contributed by atoms with Crippen LogP contribution < -0.4 is 0 Å². The number of nitrogens with zero attached hydrogens (tertiary/aromatic N) is 2. The molecule has 0 bridgehead atoms. The van der Waals surface area contributed by atoms with Crippen molar-refractivity contribution in [3.63, 3.8) is 0 Å². The monoisotopic (exact) mass is 355 g/mol. The van der Waals surface area contributed by atoms with Gasteiger partial charge in [0.2, 0.25) is 5.69 Å².